The SMILES string of the molecule is NC1=NC(c2ccccc2N([O-])O)P(=O)(Nc2ncccn2)S1. The highest BCUT2D eigenvalue weighted by atomic mass is 32.7. The van der Waals surface area contributed by atoms with Crippen molar-refractivity contribution in [2.45, 2.75) is 5.78 Å². The molecule has 4 N–H and O–H groups in total. The van der Waals surface area contributed by atoms with E-state index in [9.17, 15) is 15.0 Å². The smallest absolute Gasteiger partial charge is 0.261 e. The van der Waals surface area contributed by atoms with E-state index in [1.54, 1.807) is 24.3 Å². The van der Waals surface area contributed by atoms with Crippen LogP contribution in [0.3, 0.4) is 0 Å². The lowest BCUT2D eigenvalue weighted by Gasteiger charge is -2.27. The molecule has 0 bridgehead atoms. The van der Waals surface area contributed by atoms with E-state index in [4.69, 9.17) is 5.73 Å². The van der Waals surface area contributed by atoms with Gasteiger partial charge in [0.2, 0.25) is 5.95 Å². The van der Waals surface area contributed by atoms with Crippen molar-refractivity contribution in [2.75, 3.05) is 10.3 Å². The Morgan fingerprint density at radius 3 is 2.70 bits per heavy atom. The van der Waals surface area contributed by atoms with Crippen LogP contribution in [0, 0.1) is 5.21 Å². The van der Waals surface area contributed by atoms with Gasteiger partial charge in [0.05, 0.1) is 5.69 Å². The van der Waals surface area contributed by atoms with Crippen molar-refractivity contribution in [1.29, 1.82) is 0 Å². The highest BCUT2D eigenvalue weighted by Crippen LogP contribution is 2.72. The van der Waals surface area contributed by atoms with Gasteiger partial charge in [0, 0.05) is 29.3 Å². The van der Waals surface area contributed by atoms with Gasteiger partial charge >= 0.3 is 0 Å². The minimum atomic E-state index is -3.31. The number of anilines is 2. The lowest BCUT2D eigenvalue weighted by molar-refractivity contribution is 0.295. The number of hydrogen-bond donors (Lipinski definition) is 3. The summed E-state index contributed by atoms with van der Waals surface area (Å²) >= 11 is 0.876. The molecule has 2 unspecified atom stereocenters. The zero-order valence-corrected chi connectivity index (χ0v) is 13.3. The number of aromatic nitrogens is 2. The maximum absolute atomic E-state index is 13.3. The Kier molecular flexibility index (Phi) is 4.22. The lowest BCUT2D eigenvalue weighted by Crippen LogP contribution is -2.12. The van der Waals surface area contributed by atoms with Gasteiger partial charge < -0.3 is 16.2 Å². The van der Waals surface area contributed by atoms with Gasteiger partial charge in [-0.2, -0.15) is 0 Å². The van der Waals surface area contributed by atoms with Gasteiger partial charge in [0.15, 0.2) is 11.0 Å². The quantitative estimate of drug-likeness (QED) is 0.560. The van der Waals surface area contributed by atoms with Crippen molar-refractivity contribution in [3.05, 3.63) is 53.5 Å². The third-order valence-corrected chi connectivity index (χ3v) is 7.40. The lowest BCUT2D eigenvalue weighted by atomic mass is 10.2. The maximum atomic E-state index is 13.3. The molecule has 0 saturated heterocycles. The highest BCUT2D eigenvalue weighted by molar-refractivity contribution is 8.66. The van der Waals surface area contributed by atoms with Gasteiger partial charge in [-0.15, -0.1) is 0 Å². The van der Waals surface area contributed by atoms with Crippen LogP contribution in [-0.4, -0.2) is 20.3 Å². The summed E-state index contributed by atoms with van der Waals surface area (Å²) in [6, 6.07) is 7.82. The monoisotopic (exact) mass is 351 g/mol. The molecule has 1 aromatic heterocycles. The highest BCUT2D eigenvalue weighted by Gasteiger charge is 2.43. The number of nitrogens with zero attached hydrogens (tertiary/aromatic N) is 4. The topological polar surface area (TPSA) is 140 Å². The maximum Gasteiger partial charge on any atom is 0.261 e. The van der Waals surface area contributed by atoms with Crippen LogP contribution < -0.4 is 16.0 Å². The Morgan fingerprint density at radius 1 is 1.30 bits per heavy atom. The van der Waals surface area contributed by atoms with Crippen molar-refractivity contribution in [2.24, 2.45) is 10.7 Å². The number of benzene rings is 1. The third-order valence-electron chi connectivity index (χ3n) is 3.04. The number of para-hydroxylation sites is 1. The van der Waals surface area contributed by atoms with Gasteiger partial charge in [-0.3, -0.25) is 14.9 Å². The molecule has 1 aliphatic heterocycles. The summed E-state index contributed by atoms with van der Waals surface area (Å²) < 4.78 is 13.3. The van der Waals surface area contributed by atoms with Crippen LogP contribution in [0.2, 0.25) is 0 Å². The predicted octanol–water partition coefficient (Wildman–Crippen LogP) is 2.54. The number of rotatable bonds is 4. The second-order valence-electron chi connectivity index (χ2n) is 4.55. The number of nitrogens with one attached hydrogen (secondary N) is 1. The summed E-state index contributed by atoms with van der Waals surface area (Å²) in [5.41, 5.74) is 5.97. The van der Waals surface area contributed by atoms with E-state index in [0.717, 1.165) is 11.4 Å². The molecule has 2 aromatic rings. The molecular weight excluding hydrogens is 339 g/mol. The van der Waals surface area contributed by atoms with E-state index in [2.05, 4.69) is 20.0 Å². The molecule has 23 heavy (non-hydrogen) atoms. The van der Waals surface area contributed by atoms with Gasteiger partial charge in [0.25, 0.3) is 6.49 Å². The second kappa shape index (κ2) is 6.17. The first-order valence-electron chi connectivity index (χ1n) is 6.42. The van der Waals surface area contributed by atoms with E-state index in [1.165, 1.54) is 18.5 Å². The number of aliphatic imine (C=N–C) groups is 1. The van der Waals surface area contributed by atoms with Gasteiger partial charge in [0.1, 0.15) is 0 Å². The average molecular weight is 351 g/mol. The van der Waals surface area contributed by atoms with Crippen LogP contribution in [0.15, 0.2) is 47.7 Å². The molecule has 0 fully saturated rings. The van der Waals surface area contributed by atoms with E-state index in [1.807, 2.05) is 0 Å². The average Bonchev–Trinajstić information content (AvgIpc) is 2.82. The molecule has 1 aliphatic rings. The molecule has 9 nitrogen and oxygen atoms in total. The summed E-state index contributed by atoms with van der Waals surface area (Å²) in [6.07, 6.45) is 3.00. The number of nitrogens with two attached hydrogens (primary N) is 1. The standard InChI is InChI=1S/C12H12N6O3PS/c13-11-16-10(8-4-1-2-5-9(8)18(19)20)22(21,23-11)17-12-14-6-3-7-15-12/h1-7,10,19H,(H2,13,16)(H,14,15,17,21)/q-1. The van der Waals surface area contributed by atoms with E-state index >= 15 is 0 Å². The van der Waals surface area contributed by atoms with E-state index in [0.29, 0.717) is 5.56 Å². The minimum Gasteiger partial charge on any atom is -0.733 e. The predicted molar refractivity (Wildman–Crippen MR) is 89.3 cm³/mol. The number of hydrogen-bond acceptors (Lipinski definition) is 9. The molecule has 1 aromatic carbocycles. The summed E-state index contributed by atoms with van der Waals surface area (Å²) in [5.74, 6) is -0.769. The first-order chi connectivity index (χ1) is 11.0. The first kappa shape index (κ1) is 15.8. The summed E-state index contributed by atoms with van der Waals surface area (Å²) in [7, 11) is 0. The second-order valence-corrected chi connectivity index (χ2v) is 9.23. The number of amidine groups is 1. The summed E-state index contributed by atoms with van der Waals surface area (Å²) in [5, 5.41) is 23.2. The Hall–Kier alpha value is -2.13. The van der Waals surface area contributed by atoms with Gasteiger partial charge in [-0.25, -0.2) is 15.0 Å². The van der Waals surface area contributed by atoms with Gasteiger partial charge in [-0.1, -0.05) is 18.2 Å². The minimum absolute atomic E-state index is 0.0486. The van der Waals surface area contributed by atoms with Gasteiger partial charge in [-0.05, 0) is 12.1 Å². The van der Waals surface area contributed by atoms with Crippen LogP contribution in [0.5, 0.6) is 0 Å². The summed E-state index contributed by atoms with van der Waals surface area (Å²) in [4.78, 5) is 12.1. The molecule has 2 atom stereocenters. The molecule has 2 heterocycles. The fourth-order valence-electron chi connectivity index (χ4n) is 2.12. The largest absolute Gasteiger partial charge is 0.733 e. The molecule has 11 heteroatoms. The molecule has 0 aliphatic carbocycles. The first-order valence-corrected chi connectivity index (χ1v) is 9.62. The van der Waals surface area contributed by atoms with Crippen molar-refractivity contribution >= 4 is 34.7 Å². The fraction of sp³-hybridized carbons (Fsp3) is 0.0833. The Labute approximate surface area is 135 Å². The Bertz CT molecular complexity index is 787. The van der Waals surface area contributed by atoms with Crippen LogP contribution in [0.1, 0.15) is 11.3 Å². The molecule has 3 rings (SSSR count). The zero-order valence-electron chi connectivity index (χ0n) is 11.6. The van der Waals surface area contributed by atoms with E-state index < -0.39 is 12.3 Å². The molecule has 0 spiro atoms. The van der Waals surface area contributed by atoms with E-state index in [-0.39, 0.29) is 22.0 Å². The summed E-state index contributed by atoms with van der Waals surface area (Å²) in [6.45, 7) is -3.31. The molecular formula is C12H12N6O3PS-. The molecule has 120 valence electrons. The van der Waals surface area contributed by atoms with Crippen LogP contribution >= 0.6 is 17.9 Å². The van der Waals surface area contributed by atoms with Crippen molar-refractivity contribution in [3.8, 4) is 0 Å². The fourth-order valence-corrected chi connectivity index (χ4v) is 6.29. The normalized spacial score (nSPS) is 23.4. The van der Waals surface area contributed by atoms with Crippen molar-refractivity contribution < 1.29 is 9.77 Å². The van der Waals surface area contributed by atoms with Crippen LogP contribution in [0.25, 0.3) is 0 Å². The molecule has 0 amide bonds. The van der Waals surface area contributed by atoms with Crippen molar-refractivity contribution in [3.63, 3.8) is 0 Å². The molecule has 0 radical (unpaired) electrons. The van der Waals surface area contributed by atoms with Crippen molar-refractivity contribution in [1.82, 2.24) is 9.97 Å². The molecule has 0 saturated carbocycles. The zero-order chi connectivity index (χ0) is 16.4. The van der Waals surface area contributed by atoms with Crippen LogP contribution in [-0.2, 0) is 4.57 Å². The van der Waals surface area contributed by atoms with Crippen LogP contribution in [0.4, 0.5) is 11.6 Å². The third kappa shape index (κ3) is 3.15. The Balaban J connectivity index is 2.01. The Morgan fingerprint density at radius 2 is 2.00 bits per heavy atom.